The highest BCUT2D eigenvalue weighted by molar-refractivity contribution is 5.47. The Balaban J connectivity index is 1.43. The van der Waals surface area contributed by atoms with Gasteiger partial charge in [0.25, 0.3) is 11.3 Å². The van der Waals surface area contributed by atoms with Crippen molar-refractivity contribution in [3.63, 3.8) is 0 Å². The van der Waals surface area contributed by atoms with Gasteiger partial charge < -0.3 is 15.4 Å². The van der Waals surface area contributed by atoms with E-state index in [0.717, 1.165) is 17.0 Å². The summed E-state index contributed by atoms with van der Waals surface area (Å²) < 4.78 is 19.7. The normalized spacial score (nSPS) is 10.9. The van der Waals surface area contributed by atoms with E-state index in [1.165, 1.54) is 22.7 Å². The first-order chi connectivity index (χ1) is 14.6. The van der Waals surface area contributed by atoms with Crippen LogP contribution in [-0.2, 0) is 13.1 Å². The summed E-state index contributed by atoms with van der Waals surface area (Å²) in [5.74, 6) is 1.19. The van der Waals surface area contributed by atoms with Crippen LogP contribution >= 0.6 is 0 Å². The summed E-state index contributed by atoms with van der Waals surface area (Å²) in [6.07, 6.45) is 0. The average Bonchev–Trinajstić information content (AvgIpc) is 3.17. The first-order valence-electron chi connectivity index (χ1n) is 9.54. The van der Waals surface area contributed by atoms with E-state index in [4.69, 9.17) is 4.74 Å². The van der Waals surface area contributed by atoms with Gasteiger partial charge in [0.15, 0.2) is 0 Å². The van der Waals surface area contributed by atoms with Crippen LogP contribution < -0.4 is 20.9 Å². The van der Waals surface area contributed by atoms with E-state index in [-0.39, 0.29) is 17.2 Å². The van der Waals surface area contributed by atoms with Crippen LogP contribution in [0.25, 0.3) is 5.78 Å². The molecule has 0 bridgehead atoms. The molecule has 0 atom stereocenters. The number of aromatic amines is 1. The van der Waals surface area contributed by atoms with Gasteiger partial charge in [0, 0.05) is 18.3 Å². The van der Waals surface area contributed by atoms with E-state index in [1.54, 1.807) is 12.1 Å². The maximum atomic E-state index is 13.0. The monoisotopic (exact) mass is 408 g/mol. The molecular formula is C21H21FN6O2. The maximum Gasteiger partial charge on any atom is 0.274 e. The smallest absolute Gasteiger partial charge is 0.274 e. The summed E-state index contributed by atoms with van der Waals surface area (Å²) in [7, 11) is 0. The molecule has 0 amide bonds. The molecule has 0 fully saturated rings. The zero-order valence-corrected chi connectivity index (χ0v) is 16.4. The van der Waals surface area contributed by atoms with Crippen LogP contribution in [0, 0.1) is 5.82 Å². The quantitative estimate of drug-likeness (QED) is 0.414. The molecule has 0 saturated carbocycles. The standard InChI is InChI=1S/C21H21FN6O2/c1-2-30-18-9-7-16(8-10-18)23-13-17-11-19(29)28-21(25-17)26-20(27-28)24-12-14-3-5-15(22)6-4-14/h3-11,23H,2,12-13H2,1H3,(H2,24,25,26,27). The predicted octanol–water partition coefficient (Wildman–Crippen LogP) is 3.18. The second-order valence-electron chi connectivity index (χ2n) is 6.58. The van der Waals surface area contributed by atoms with Gasteiger partial charge in [0.1, 0.15) is 11.6 Å². The van der Waals surface area contributed by atoms with Crippen molar-refractivity contribution in [3.05, 3.63) is 82.0 Å². The van der Waals surface area contributed by atoms with E-state index < -0.39 is 0 Å². The zero-order chi connectivity index (χ0) is 20.9. The van der Waals surface area contributed by atoms with E-state index in [2.05, 4.69) is 25.7 Å². The molecule has 0 radical (unpaired) electrons. The van der Waals surface area contributed by atoms with Gasteiger partial charge in [-0.2, -0.15) is 9.50 Å². The second-order valence-corrected chi connectivity index (χ2v) is 6.58. The lowest BCUT2D eigenvalue weighted by Crippen LogP contribution is -2.17. The molecule has 9 heteroatoms. The Hall–Kier alpha value is -3.88. The van der Waals surface area contributed by atoms with Crippen molar-refractivity contribution >= 4 is 17.4 Å². The third kappa shape index (κ3) is 4.57. The van der Waals surface area contributed by atoms with Crippen LogP contribution in [0.4, 0.5) is 16.0 Å². The lowest BCUT2D eigenvalue weighted by atomic mass is 10.2. The first kappa shape index (κ1) is 19.4. The van der Waals surface area contributed by atoms with Gasteiger partial charge in [-0.25, -0.2) is 9.37 Å². The minimum atomic E-state index is -0.287. The van der Waals surface area contributed by atoms with E-state index in [0.29, 0.717) is 31.3 Å². The van der Waals surface area contributed by atoms with Crippen molar-refractivity contribution in [3.8, 4) is 5.75 Å². The Morgan fingerprint density at radius 2 is 1.80 bits per heavy atom. The number of ether oxygens (including phenoxy) is 1. The van der Waals surface area contributed by atoms with Crippen LogP contribution in [0.1, 0.15) is 18.2 Å². The number of anilines is 2. The van der Waals surface area contributed by atoms with Crippen LogP contribution in [-0.4, -0.2) is 26.2 Å². The molecule has 4 aromatic rings. The van der Waals surface area contributed by atoms with Crippen LogP contribution in [0.5, 0.6) is 5.75 Å². The molecule has 30 heavy (non-hydrogen) atoms. The Labute approximate surface area is 171 Å². The molecule has 3 N–H and O–H groups in total. The minimum absolute atomic E-state index is 0.258. The fourth-order valence-electron chi connectivity index (χ4n) is 2.91. The summed E-state index contributed by atoms with van der Waals surface area (Å²) in [6, 6.07) is 15.2. The summed E-state index contributed by atoms with van der Waals surface area (Å²) >= 11 is 0. The molecule has 2 aromatic heterocycles. The third-order valence-corrected chi connectivity index (χ3v) is 4.40. The van der Waals surface area contributed by atoms with Crippen LogP contribution in [0.15, 0.2) is 59.4 Å². The molecule has 8 nitrogen and oxygen atoms in total. The number of H-pyrrole nitrogens is 1. The van der Waals surface area contributed by atoms with Crippen LogP contribution in [0.2, 0.25) is 0 Å². The fraction of sp³-hybridized carbons (Fsp3) is 0.190. The van der Waals surface area contributed by atoms with Gasteiger partial charge in [-0.15, -0.1) is 0 Å². The van der Waals surface area contributed by atoms with E-state index >= 15 is 0 Å². The summed E-state index contributed by atoms with van der Waals surface area (Å²) in [6.45, 7) is 3.36. The Morgan fingerprint density at radius 1 is 1.03 bits per heavy atom. The first-order valence-corrected chi connectivity index (χ1v) is 9.54. The lowest BCUT2D eigenvalue weighted by Gasteiger charge is -2.07. The number of fused-ring (bicyclic) bond motifs is 1. The van der Waals surface area contributed by atoms with Gasteiger partial charge in [0.2, 0.25) is 5.95 Å². The fourth-order valence-corrected chi connectivity index (χ4v) is 2.91. The van der Waals surface area contributed by atoms with Gasteiger partial charge in [-0.3, -0.25) is 9.89 Å². The Bertz CT molecular complexity index is 1190. The number of nitrogens with zero attached hydrogens (tertiary/aromatic N) is 3. The molecule has 0 unspecified atom stereocenters. The SMILES string of the molecule is CCOc1ccc(NCc2cc(=O)n3[nH]c(NCc4ccc(F)cc4)nc3n2)cc1. The topological polar surface area (TPSA) is 96.3 Å². The number of hydrogen-bond donors (Lipinski definition) is 3. The van der Waals surface area contributed by atoms with Gasteiger partial charge in [0.05, 0.1) is 18.8 Å². The van der Waals surface area contributed by atoms with Crippen molar-refractivity contribution in [2.24, 2.45) is 0 Å². The number of rotatable bonds is 8. The summed E-state index contributed by atoms with van der Waals surface area (Å²) in [5, 5.41) is 9.18. The number of benzene rings is 2. The van der Waals surface area contributed by atoms with Gasteiger partial charge >= 0.3 is 0 Å². The highest BCUT2D eigenvalue weighted by Crippen LogP contribution is 2.16. The number of hydrogen-bond acceptors (Lipinski definition) is 6. The summed E-state index contributed by atoms with van der Waals surface area (Å²) in [4.78, 5) is 21.1. The third-order valence-electron chi connectivity index (χ3n) is 4.40. The number of halogens is 1. The van der Waals surface area contributed by atoms with Crippen molar-refractivity contribution in [2.75, 3.05) is 17.2 Å². The van der Waals surface area contributed by atoms with E-state index in [9.17, 15) is 9.18 Å². The molecule has 0 spiro atoms. The molecule has 0 saturated heterocycles. The molecule has 0 aliphatic heterocycles. The van der Waals surface area contributed by atoms with Crippen LogP contribution in [0.3, 0.4) is 0 Å². The molecule has 0 aliphatic carbocycles. The van der Waals surface area contributed by atoms with Crippen molar-refractivity contribution < 1.29 is 9.13 Å². The summed E-state index contributed by atoms with van der Waals surface area (Å²) in [5.41, 5.74) is 2.10. The second kappa shape index (κ2) is 8.64. The Kier molecular flexibility index (Phi) is 5.60. The maximum absolute atomic E-state index is 13.0. The number of aromatic nitrogens is 4. The number of nitrogens with one attached hydrogen (secondary N) is 3. The minimum Gasteiger partial charge on any atom is -0.494 e. The van der Waals surface area contributed by atoms with Crippen molar-refractivity contribution in [1.29, 1.82) is 0 Å². The van der Waals surface area contributed by atoms with Crippen molar-refractivity contribution in [2.45, 2.75) is 20.0 Å². The zero-order valence-electron chi connectivity index (χ0n) is 16.4. The van der Waals surface area contributed by atoms with Gasteiger partial charge in [-0.1, -0.05) is 12.1 Å². The molecule has 2 aromatic carbocycles. The highest BCUT2D eigenvalue weighted by atomic mass is 19.1. The highest BCUT2D eigenvalue weighted by Gasteiger charge is 2.08. The molecule has 154 valence electrons. The van der Waals surface area contributed by atoms with Gasteiger partial charge in [-0.05, 0) is 48.9 Å². The molecular weight excluding hydrogens is 387 g/mol. The molecule has 2 heterocycles. The molecule has 0 aliphatic rings. The van der Waals surface area contributed by atoms with E-state index in [1.807, 2.05) is 31.2 Å². The predicted molar refractivity (Wildman–Crippen MR) is 112 cm³/mol. The Morgan fingerprint density at radius 3 is 2.53 bits per heavy atom. The largest absolute Gasteiger partial charge is 0.494 e. The van der Waals surface area contributed by atoms with Crippen molar-refractivity contribution in [1.82, 2.24) is 19.6 Å². The lowest BCUT2D eigenvalue weighted by molar-refractivity contribution is 0.340. The average molecular weight is 408 g/mol. The molecule has 4 rings (SSSR count).